The summed E-state index contributed by atoms with van der Waals surface area (Å²) in [7, 11) is 0. The largest absolute Gasteiger partial charge is 0.329 e. The number of nitrogens with two attached hydrogens (primary N) is 1. The van der Waals surface area contributed by atoms with Crippen LogP contribution in [0.4, 0.5) is 0 Å². The highest BCUT2D eigenvalue weighted by Crippen LogP contribution is 2.24. The van der Waals surface area contributed by atoms with Crippen LogP contribution in [0.3, 0.4) is 0 Å². The van der Waals surface area contributed by atoms with Crippen molar-refractivity contribution in [3.63, 3.8) is 0 Å². The Kier molecular flexibility index (Phi) is 3.41. The molecule has 1 aromatic carbocycles. The van der Waals surface area contributed by atoms with Gasteiger partial charge in [-0.2, -0.15) is 5.10 Å². The smallest absolute Gasteiger partial charge is 0.0568 e. The lowest BCUT2D eigenvalue weighted by Gasteiger charge is -2.01. The van der Waals surface area contributed by atoms with E-state index in [0.717, 1.165) is 16.6 Å². The van der Waals surface area contributed by atoms with Crippen molar-refractivity contribution >= 4 is 15.9 Å². The van der Waals surface area contributed by atoms with Gasteiger partial charge in [0.1, 0.15) is 0 Å². The van der Waals surface area contributed by atoms with Crippen molar-refractivity contribution in [2.75, 3.05) is 6.54 Å². The van der Waals surface area contributed by atoms with E-state index in [1.165, 1.54) is 11.1 Å². The maximum absolute atomic E-state index is 5.49. The number of benzene rings is 1. The second-order valence-electron chi connectivity index (χ2n) is 3.74. The maximum Gasteiger partial charge on any atom is 0.0568 e. The third-order valence-electron chi connectivity index (χ3n) is 2.48. The molecule has 0 aliphatic carbocycles. The standard InChI is InChI=1S/C12H14BrN3/c1-9-6-10(2-3-12(9)13)11-7-15-16(8-11)5-4-14/h2-3,6-8H,4-5,14H2,1H3. The van der Waals surface area contributed by atoms with Gasteiger partial charge in [0.05, 0.1) is 12.7 Å². The number of nitrogens with zero attached hydrogens (tertiary/aromatic N) is 2. The predicted octanol–water partition coefficient (Wildman–Crippen LogP) is 2.58. The van der Waals surface area contributed by atoms with E-state index in [2.05, 4.69) is 46.2 Å². The zero-order valence-electron chi connectivity index (χ0n) is 9.15. The monoisotopic (exact) mass is 279 g/mol. The van der Waals surface area contributed by atoms with E-state index in [1.54, 1.807) is 0 Å². The minimum absolute atomic E-state index is 0.612. The van der Waals surface area contributed by atoms with Gasteiger partial charge >= 0.3 is 0 Å². The highest BCUT2D eigenvalue weighted by molar-refractivity contribution is 9.10. The van der Waals surface area contributed by atoms with Crippen LogP contribution >= 0.6 is 15.9 Å². The summed E-state index contributed by atoms with van der Waals surface area (Å²) >= 11 is 3.49. The molecule has 0 saturated carbocycles. The molecule has 1 aromatic heterocycles. The molecule has 0 aliphatic rings. The lowest BCUT2D eigenvalue weighted by molar-refractivity contribution is 0.625. The normalized spacial score (nSPS) is 10.7. The third-order valence-corrected chi connectivity index (χ3v) is 3.37. The molecule has 1 heterocycles. The van der Waals surface area contributed by atoms with Crippen LogP contribution in [0.2, 0.25) is 0 Å². The number of aromatic nitrogens is 2. The molecular weight excluding hydrogens is 266 g/mol. The summed E-state index contributed by atoms with van der Waals surface area (Å²) in [4.78, 5) is 0. The molecule has 2 aromatic rings. The number of hydrogen-bond donors (Lipinski definition) is 1. The predicted molar refractivity (Wildman–Crippen MR) is 69.2 cm³/mol. The fourth-order valence-corrected chi connectivity index (χ4v) is 1.84. The van der Waals surface area contributed by atoms with Crippen LogP contribution in [-0.4, -0.2) is 16.3 Å². The van der Waals surface area contributed by atoms with E-state index in [4.69, 9.17) is 5.73 Å². The van der Waals surface area contributed by atoms with Gasteiger partial charge in [-0.1, -0.05) is 28.1 Å². The van der Waals surface area contributed by atoms with Crippen LogP contribution in [0.25, 0.3) is 11.1 Å². The summed E-state index contributed by atoms with van der Waals surface area (Å²) in [6, 6.07) is 6.29. The van der Waals surface area contributed by atoms with Crippen molar-refractivity contribution in [1.82, 2.24) is 9.78 Å². The van der Waals surface area contributed by atoms with E-state index in [-0.39, 0.29) is 0 Å². The second-order valence-corrected chi connectivity index (χ2v) is 4.60. The first-order valence-electron chi connectivity index (χ1n) is 5.20. The number of aryl methyl sites for hydroxylation is 1. The Morgan fingerprint density at radius 1 is 1.38 bits per heavy atom. The molecular formula is C12H14BrN3. The highest BCUT2D eigenvalue weighted by atomic mass is 79.9. The quantitative estimate of drug-likeness (QED) is 0.939. The fourth-order valence-electron chi connectivity index (χ4n) is 1.59. The molecule has 0 atom stereocenters. The highest BCUT2D eigenvalue weighted by Gasteiger charge is 2.03. The van der Waals surface area contributed by atoms with Gasteiger partial charge in [-0.3, -0.25) is 4.68 Å². The van der Waals surface area contributed by atoms with Gasteiger partial charge in [0, 0.05) is 22.8 Å². The van der Waals surface area contributed by atoms with Crippen LogP contribution in [0.15, 0.2) is 35.1 Å². The third kappa shape index (κ3) is 2.33. The molecule has 0 spiro atoms. The molecule has 16 heavy (non-hydrogen) atoms. The van der Waals surface area contributed by atoms with Crippen LogP contribution in [0, 0.1) is 6.92 Å². The van der Waals surface area contributed by atoms with E-state index >= 15 is 0 Å². The molecule has 84 valence electrons. The van der Waals surface area contributed by atoms with Crippen LogP contribution in [-0.2, 0) is 6.54 Å². The van der Waals surface area contributed by atoms with E-state index in [0.29, 0.717) is 6.54 Å². The van der Waals surface area contributed by atoms with Crippen LogP contribution in [0.5, 0.6) is 0 Å². The summed E-state index contributed by atoms with van der Waals surface area (Å²) in [5, 5.41) is 4.26. The topological polar surface area (TPSA) is 43.8 Å². The molecule has 3 nitrogen and oxygen atoms in total. The number of halogens is 1. The average Bonchev–Trinajstić information content (AvgIpc) is 2.71. The molecule has 0 fully saturated rings. The molecule has 2 N–H and O–H groups in total. The van der Waals surface area contributed by atoms with Gasteiger partial charge in [0.2, 0.25) is 0 Å². The minimum Gasteiger partial charge on any atom is -0.329 e. The minimum atomic E-state index is 0.612. The van der Waals surface area contributed by atoms with Gasteiger partial charge in [0.25, 0.3) is 0 Å². The summed E-state index contributed by atoms with van der Waals surface area (Å²) in [5.41, 5.74) is 9.02. The molecule has 0 amide bonds. The van der Waals surface area contributed by atoms with E-state index < -0.39 is 0 Å². The van der Waals surface area contributed by atoms with Crippen molar-refractivity contribution in [3.05, 3.63) is 40.6 Å². The number of rotatable bonds is 3. The van der Waals surface area contributed by atoms with Crippen molar-refractivity contribution < 1.29 is 0 Å². The Balaban J connectivity index is 2.31. The van der Waals surface area contributed by atoms with Gasteiger partial charge in [-0.25, -0.2) is 0 Å². The van der Waals surface area contributed by atoms with Gasteiger partial charge < -0.3 is 5.73 Å². The number of hydrogen-bond acceptors (Lipinski definition) is 2. The van der Waals surface area contributed by atoms with E-state index in [9.17, 15) is 0 Å². The van der Waals surface area contributed by atoms with E-state index in [1.807, 2.05) is 17.1 Å². The zero-order valence-corrected chi connectivity index (χ0v) is 10.7. The molecule has 0 saturated heterocycles. The van der Waals surface area contributed by atoms with Crippen molar-refractivity contribution in [3.8, 4) is 11.1 Å². The average molecular weight is 280 g/mol. The Bertz CT molecular complexity index is 491. The Morgan fingerprint density at radius 3 is 2.88 bits per heavy atom. The Labute approximate surface area is 103 Å². The molecule has 4 heteroatoms. The van der Waals surface area contributed by atoms with Crippen molar-refractivity contribution in [2.45, 2.75) is 13.5 Å². The molecule has 0 radical (unpaired) electrons. The summed E-state index contributed by atoms with van der Waals surface area (Å²) in [6.07, 6.45) is 3.90. The lowest BCUT2D eigenvalue weighted by atomic mass is 10.1. The van der Waals surface area contributed by atoms with Crippen LogP contribution in [0.1, 0.15) is 5.56 Å². The maximum atomic E-state index is 5.49. The Hall–Kier alpha value is -1.13. The fraction of sp³-hybridized carbons (Fsp3) is 0.250. The van der Waals surface area contributed by atoms with Crippen molar-refractivity contribution in [1.29, 1.82) is 0 Å². The van der Waals surface area contributed by atoms with Gasteiger partial charge in [0.15, 0.2) is 0 Å². The first-order valence-corrected chi connectivity index (χ1v) is 5.99. The lowest BCUT2D eigenvalue weighted by Crippen LogP contribution is -2.09. The summed E-state index contributed by atoms with van der Waals surface area (Å²) in [6.45, 7) is 3.45. The first kappa shape index (κ1) is 11.4. The molecule has 0 unspecified atom stereocenters. The first-order chi connectivity index (χ1) is 7.70. The molecule has 0 bridgehead atoms. The van der Waals surface area contributed by atoms with Gasteiger partial charge in [-0.05, 0) is 24.1 Å². The summed E-state index contributed by atoms with van der Waals surface area (Å²) < 4.78 is 3.00. The Morgan fingerprint density at radius 2 is 2.19 bits per heavy atom. The SMILES string of the molecule is Cc1cc(-c2cnn(CCN)c2)ccc1Br. The second kappa shape index (κ2) is 4.80. The van der Waals surface area contributed by atoms with Gasteiger partial charge in [-0.15, -0.1) is 0 Å². The zero-order chi connectivity index (χ0) is 11.5. The summed E-state index contributed by atoms with van der Waals surface area (Å²) in [5.74, 6) is 0. The molecule has 2 rings (SSSR count). The van der Waals surface area contributed by atoms with Crippen molar-refractivity contribution in [2.24, 2.45) is 5.73 Å². The molecule has 0 aliphatic heterocycles. The van der Waals surface area contributed by atoms with Crippen LogP contribution < -0.4 is 5.73 Å².